The zero-order valence-electron chi connectivity index (χ0n) is 15.1. The Morgan fingerprint density at radius 3 is 2.54 bits per heavy atom. The largest absolute Gasteiger partial charge is 0.342 e. The van der Waals surface area contributed by atoms with Crippen LogP contribution >= 0.6 is 11.8 Å². The molecule has 4 nitrogen and oxygen atoms in total. The number of benzene rings is 1. The van der Waals surface area contributed by atoms with Gasteiger partial charge in [0.15, 0.2) is 5.82 Å². The maximum atomic E-state index is 12.6. The van der Waals surface area contributed by atoms with Crippen molar-refractivity contribution in [1.82, 2.24) is 14.9 Å². The number of likely N-dealkylation sites (tertiary alicyclic amines) is 1. The van der Waals surface area contributed by atoms with Crippen molar-refractivity contribution in [2.24, 2.45) is 0 Å². The first kappa shape index (κ1) is 17.5. The third-order valence-electron chi connectivity index (χ3n) is 5.22. The summed E-state index contributed by atoms with van der Waals surface area (Å²) in [5.41, 5.74) is 3.50. The van der Waals surface area contributed by atoms with E-state index in [9.17, 15) is 4.79 Å². The second-order valence-electron chi connectivity index (χ2n) is 7.08. The van der Waals surface area contributed by atoms with Gasteiger partial charge in [-0.25, -0.2) is 9.97 Å². The highest BCUT2D eigenvalue weighted by atomic mass is 32.2. The Bertz CT molecular complexity index is 772. The molecule has 0 atom stereocenters. The number of carbonyl (C=O) groups is 1. The predicted octanol–water partition coefficient (Wildman–Crippen LogP) is 4.13. The van der Waals surface area contributed by atoms with Gasteiger partial charge in [-0.3, -0.25) is 4.79 Å². The summed E-state index contributed by atoms with van der Waals surface area (Å²) in [6.45, 7) is 1.83. The number of thioether (sulfide) groups is 1. The fraction of sp³-hybridized carbons (Fsp3) is 0.476. The highest BCUT2D eigenvalue weighted by molar-refractivity contribution is 7.99. The topological polar surface area (TPSA) is 46.1 Å². The zero-order valence-corrected chi connectivity index (χ0v) is 15.9. The van der Waals surface area contributed by atoms with Crippen molar-refractivity contribution in [2.75, 3.05) is 18.8 Å². The minimum absolute atomic E-state index is 0.249. The summed E-state index contributed by atoms with van der Waals surface area (Å²) in [4.78, 5) is 24.3. The molecule has 0 saturated carbocycles. The van der Waals surface area contributed by atoms with Gasteiger partial charge >= 0.3 is 0 Å². The molecule has 1 aliphatic heterocycles. The van der Waals surface area contributed by atoms with E-state index in [1.165, 1.54) is 30.5 Å². The Kier molecular flexibility index (Phi) is 5.54. The van der Waals surface area contributed by atoms with Crippen LogP contribution in [0.3, 0.4) is 0 Å². The van der Waals surface area contributed by atoms with Gasteiger partial charge in [-0.05, 0) is 44.9 Å². The summed E-state index contributed by atoms with van der Waals surface area (Å²) in [6.07, 6.45) is 7.95. The van der Waals surface area contributed by atoms with Gasteiger partial charge in [-0.2, -0.15) is 0 Å². The van der Waals surface area contributed by atoms with Crippen LogP contribution in [0.5, 0.6) is 0 Å². The molecule has 1 fully saturated rings. The van der Waals surface area contributed by atoms with Crippen molar-refractivity contribution >= 4 is 17.7 Å². The van der Waals surface area contributed by atoms with Crippen molar-refractivity contribution in [3.05, 3.63) is 41.6 Å². The average molecular weight is 368 g/mol. The molecule has 1 aromatic carbocycles. The molecular formula is C21H25N3OS. The van der Waals surface area contributed by atoms with E-state index < -0.39 is 0 Å². The molecule has 1 aliphatic carbocycles. The molecule has 0 unspecified atom stereocenters. The lowest BCUT2D eigenvalue weighted by Crippen LogP contribution is -2.36. The lowest BCUT2D eigenvalue weighted by molar-refractivity contribution is -0.129. The minimum atomic E-state index is 0.249. The van der Waals surface area contributed by atoms with Crippen LogP contribution in [-0.4, -0.2) is 39.6 Å². The van der Waals surface area contributed by atoms with Crippen LogP contribution in [-0.2, 0) is 17.6 Å². The molecule has 1 saturated heterocycles. The molecule has 26 heavy (non-hydrogen) atoms. The van der Waals surface area contributed by atoms with Crippen LogP contribution in [0.4, 0.5) is 0 Å². The van der Waals surface area contributed by atoms with E-state index in [-0.39, 0.29) is 5.91 Å². The number of fused-ring (bicyclic) bond motifs is 1. The lowest BCUT2D eigenvalue weighted by atomic mass is 9.97. The van der Waals surface area contributed by atoms with E-state index in [1.807, 2.05) is 23.1 Å². The molecule has 0 N–H and O–H groups in total. The van der Waals surface area contributed by atoms with Gasteiger partial charge < -0.3 is 4.90 Å². The van der Waals surface area contributed by atoms with E-state index in [2.05, 4.69) is 12.1 Å². The van der Waals surface area contributed by atoms with E-state index in [4.69, 9.17) is 9.97 Å². The number of aryl methyl sites for hydroxylation is 1. The molecule has 1 amide bonds. The number of hydrogen-bond donors (Lipinski definition) is 0. The quantitative estimate of drug-likeness (QED) is 0.602. The first-order chi connectivity index (χ1) is 12.8. The predicted molar refractivity (Wildman–Crippen MR) is 105 cm³/mol. The fourth-order valence-electron chi connectivity index (χ4n) is 3.76. The highest BCUT2D eigenvalue weighted by Gasteiger charge is 2.21. The van der Waals surface area contributed by atoms with Crippen molar-refractivity contribution in [3.63, 3.8) is 0 Å². The van der Waals surface area contributed by atoms with Crippen LogP contribution in [0.2, 0.25) is 0 Å². The number of nitrogens with zero attached hydrogens (tertiary/aromatic N) is 3. The Morgan fingerprint density at radius 2 is 1.73 bits per heavy atom. The highest BCUT2D eigenvalue weighted by Crippen LogP contribution is 2.31. The second-order valence-corrected chi connectivity index (χ2v) is 8.04. The summed E-state index contributed by atoms with van der Waals surface area (Å²) in [7, 11) is 0. The Morgan fingerprint density at radius 1 is 0.962 bits per heavy atom. The third-order valence-corrected chi connectivity index (χ3v) is 6.22. The molecule has 0 spiro atoms. The smallest absolute Gasteiger partial charge is 0.232 e. The monoisotopic (exact) mass is 367 g/mol. The fourth-order valence-corrected chi connectivity index (χ4v) is 4.75. The van der Waals surface area contributed by atoms with Crippen molar-refractivity contribution in [3.8, 4) is 11.4 Å². The molecule has 0 radical (unpaired) electrons. The number of piperidine rings is 1. The maximum absolute atomic E-state index is 12.6. The van der Waals surface area contributed by atoms with Gasteiger partial charge in [0.2, 0.25) is 5.91 Å². The number of amides is 1. The molecule has 136 valence electrons. The number of aromatic nitrogens is 2. The Labute approximate surface area is 159 Å². The molecule has 5 heteroatoms. The minimum Gasteiger partial charge on any atom is -0.342 e. The molecule has 4 rings (SSSR count). The zero-order chi connectivity index (χ0) is 17.8. The van der Waals surface area contributed by atoms with Crippen molar-refractivity contribution in [1.29, 1.82) is 0 Å². The first-order valence-corrected chi connectivity index (χ1v) is 10.7. The SMILES string of the molecule is O=C(CSc1nc(-c2ccccc2)nc2c1CCCC2)N1CCCCC1. The van der Waals surface area contributed by atoms with Crippen molar-refractivity contribution in [2.45, 2.75) is 50.0 Å². The molecule has 2 aliphatic rings. The normalized spacial score (nSPS) is 17.0. The van der Waals surface area contributed by atoms with Crippen LogP contribution in [0.15, 0.2) is 35.4 Å². The second kappa shape index (κ2) is 8.21. The van der Waals surface area contributed by atoms with Gasteiger partial charge in [0.25, 0.3) is 0 Å². The molecule has 2 heterocycles. The van der Waals surface area contributed by atoms with Crippen LogP contribution in [0, 0.1) is 0 Å². The summed E-state index contributed by atoms with van der Waals surface area (Å²) in [5.74, 6) is 1.52. The van der Waals surface area contributed by atoms with Crippen LogP contribution < -0.4 is 0 Å². The van der Waals surface area contributed by atoms with E-state index in [0.717, 1.165) is 55.2 Å². The summed E-state index contributed by atoms with van der Waals surface area (Å²) in [6, 6.07) is 10.2. The summed E-state index contributed by atoms with van der Waals surface area (Å²) in [5, 5.41) is 1.01. The van der Waals surface area contributed by atoms with E-state index in [1.54, 1.807) is 11.8 Å². The van der Waals surface area contributed by atoms with Gasteiger partial charge in [0.05, 0.1) is 5.75 Å². The van der Waals surface area contributed by atoms with Gasteiger partial charge in [0.1, 0.15) is 5.03 Å². The number of carbonyl (C=O) groups excluding carboxylic acids is 1. The maximum Gasteiger partial charge on any atom is 0.232 e. The lowest BCUT2D eigenvalue weighted by Gasteiger charge is -2.26. The number of hydrogen-bond acceptors (Lipinski definition) is 4. The first-order valence-electron chi connectivity index (χ1n) is 9.67. The summed E-state index contributed by atoms with van der Waals surface area (Å²) < 4.78 is 0. The van der Waals surface area contributed by atoms with Crippen molar-refractivity contribution < 1.29 is 4.79 Å². The average Bonchev–Trinajstić information content (AvgIpc) is 2.73. The van der Waals surface area contributed by atoms with Gasteiger partial charge in [-0.1, -0.05) is 42.1 Å². The standard InChI is InChI=1S/C21H25N3OS/c25-19(24-13-7-2-8-14-24)15-26-21-17-11-5-6-12-18(17)22-20(23-21)16-9-3-1-4-10-16/h1,3-4,9-10H,2,5-8,11-15H2. The van der Waals surface area contributed by atoms with Gasteiger partial charge in [-0.15, -0.1) is 0 Å². The van der Waals surface area contributed by atoms with Crippen LogP contribution in [0.25, 0.3) is 11.4 Å². The Hall–Kier alpha value is -1.88. The van der Waals surface area contributed by atoms with Crippen LogP contribution in [0.1, 0.15) is 43.4 Å². The molecular weight excluding hydrogens is 342 g/mol. The molecule has 1 aromatic heterocycles. The van der Waals surface area contributed by atoms with Gasteiger partial charge in [0, 0.05) is 29.9 Å². The van der Waals surface area contributed by atoms with E-state index >= 15 is 0 Å². The Balaban J connectivity index is 1.56. The van der Waals surface area contributed by atoms with E-state index in [0.29, 0.717) is 5.75 Å². The third kappa shape index (κ3) is 3.93. The number of rotatable bonds is 4. The molecule has 2 aromatic rings. The molecule has 0 bridgehead atoms. The summed E-state index contributed by atoms with van der Waals surface area (Å²) >= 11 is 1.60.